The van der Waals surface area contributed by atoms with Gasteiger partial charge in [-0.05, 0) is 47.6 Å². The van der Waals surface area contributed by atoms with Crippen LogP contribution in [0.25, 0.3) is 0 Å². The normalized spacial score (nSPS) is 12.4. The van der Waals surface area contributed by atoms with Crippen molar-refractivity contribution in [1.29, 1.82) is 0 Å². The number of hydrogen-bond acceptors (Lipinski definition) is 4. The van der Waals surface area contributed by atoms with Gasteiger partial charge in [0.15, 0.2) is 0 Å². The SMILES string of the molecule is CC(C)C(NC(=O)CCc1ccc(OCc2ccccc2)cc1)C(=O)NC(C=O)Cc1ccccc1. The zero-order chi connectivity index (χ0) is 25.8. The summed E-state index contributed by atoms with van der Waals surface area (Å²) in [6.45, 7) is 4.23. The van der Waals surface area contributed by atoms with Gasteiger partial charge >= 0.3 is 0 Å². The summed E-state index contributed by atoms with van der Waals surface area (Å²) in [4.78, 5) is 37.0. The zero-order valence-electron chi connectivity index (χ0n) is 20.9. The maximum absolute atomic E-state index is 12.9. The molecule has 0 bridgehead atoms. The van der Waals surface area contributed by atoms with Crippen LogP contribution in [0.15, 0.2) is 84.9 Å². The maximum Gasteiger partial charge on any atom is 0.243 e. The van der Waals surface area contributed by atoms with E-state index in [9.17, 15) is 14.4 Å². The van der Waals surface area contributed by atoms with E-state index in [4.69, 9.17) is 4.74 Å². The molecule has 0 aromatic heterocycles. The summed E-state index contributed by atoms with van der Waals surface area (Å²) in [6.07, 6.45) is 1.93. The van der Waals surface area contributed by atoms with Gasteiger partial charge in [-0.3, -0.25) is 9.59 Å². The smallest absolute Gasteiger partial charge is 0.243 e. The van der Waals surface area contributed by atoms with E-state index in [2.05, 4.69) is 10.6 Å². The number of amides is 2. The minimum absolute atomic E-state index is 0.126. The van der Waals surface area contributed by atoms with Crippen molar-refractivity contribution in [1.82, 2.24) is 10.6 Å². The number of ether oxygens (including phenoxy) is 1. The zero-order valence-corrected chi connectivity index (χ0v) is 20.9. The van der Waals surface area contributed by atoms with Crippen molar-refractivity contribution < 1.29 is 19.1 Å². The lowest BCUT2D eigenvalue weighted by Gasteiger charge is -2.23. The van der Waals surface area contributed by atoms with Gasteiger partial charge in [-0.1, -0.05) is 86.6 Å². The molecule has 6 nitrogen and oxygen atoms in total. The Balaban J connectivity index is 1.47. The maximum atomic E-state index is 12.9. The Bertz CT molecular complexity index is 1100. The van der Waals surface area contributed by atoms with Crippen molar-refractivity contribution in [2.75, 3.05) is 0 Å². The fraction of sp³-hybridized carbons (Fsp3) is 0.300. The number of rotatable bonds is 13. The van der Waals surface area contributed by atoms with Gasteiger partial charge in [-0.15, -0.1) is 0 Å². The summed E-state index contributed by atoms with van der Waals surface area (Å²) >= 11 is 0. The Kier molecular flexibility index (Phi) is 10.2. The third-order valence-corrected chi connectivity index (χ3v) is 5.87. The van der Waals surface area contributed by atoms with E-state index in [0.717, 1.165) is 28.7 Å². The Morgan fingerprint density at radius 2 is 1.42 bits per heavy atom. The van der Waals surface area contributed by atoms with Crippen molar-refractivity contribution >= 4 is 18.1 Å². The number of aldehydes is 1. The molecule has 2 amide bonds. The number of hydrogen-bond donors (Lipinski definition) is 2. The largest absolute Gasteiger partial charge is 0.489 e. The minimum Gasteiger partial charge on any atom is -0.489 e. The highest BCUT2D eigenvalue weighted by molar-refractivity contribution is 5.89. The second-order valence-electron chi connectivity index (χ2n) is 9.15. The number of aryl methyl sites for hydroxylation is 1. The molecule has 2 atom stereocenters. The standard InChI is InChI=1S/C30H34N2O4/c1-22(2)29(30(35)31-26(20-33)19-24-9-5-3-6-10-24)32-28(34)18-15-23-13-16-27(17-14-23)36-21-25-11-7-4-8-12-25/h3-14,16-17,20,22,26,29H,15,18-19,21H2,1-2H3,(H,31,35)(H,32,34). The number of benzene rings is 3. The Morgan fingerprint density at radius 1 is 0.806 bits per heavy atom. The first kappa shape index (κ1) is 26.7. The molecule has 2 N–H and O–H groups in total. The van der Waals surface area contributed by atoms with Crippen LogP contribution in [0.2, 0.25) is 0 Å². The highest BCUT2D eigenvalue weighted by Crippen LogP contribution is 2.15. The predicted octanol–water partition coefficient (Wildman–Crippen LogP) is 4.27. The second kappa shape index (κ2) is 13.8. The van der Waals surface area contributed by atoms with Gasteiger partial charge in [0.1, 0.15) is 24.7 Å². The number of carbonyl (C=O) groups excluding carboxylic acids is 3. The second-order valence-corrected chi connectivity index (χ2v) is 9.15. The highest BCUT2D eigenvalue weighted by Gasteiger charge is 2.26. The molecule has 0 radical (unpaired) electrons. The van der Waals surface area contributed by atoms with Crippen molar-refractivity contribution in [3.05, 3.63) is 102 Å². The molecule has 0 fully saturated rings. The molecule has 3 aromatic rings. The summed E-state index contributed by atoms with van der Waals surface area (Å²) in [6, 6.07) is 25.8. The van der Waals surface area contributed by atoms with E-state index in [0.29, 0.717) is 19.4 Å². The molecule has 0 aliphatic heterocycles. The molecular formula is C30H34N2O4. The quantitative estimate of drug-likeness (QED) is 0.354. The fourth-order valence-electron chi connectivity index (χ4n) is 3.81. The number of carbonyl (C=O) groups is 3. The van der Waals surface area contributed by atoms with Gasteiger partial charge in [0.2, 0.25) is 11.8 Å². The average Bonchev–Trinajstić information content (AvgIpc) is 2.90. The molecule has 3 aromatic carbocycles. The van der Waals surface area contributed by atoms with Gasteiger partial charge in [0.25, 0.3) is 0 Å². The van der Waals surface area contributed by atoms with Crippen molar-refractivity contribution in [2.24, 2.45) is 5.92 Å². The lowest BCUT2D eigenvalue weighted by atomic mass is 10.0. The van der Waals surface area contributed by atoms with E-state index >= 15 is 0 Å². The average molecular weight is 487 g/mol. The topological polar surface area (TPSA) is 84.5 Å². The number of nitrogens with one attached hydrogen (secondary N) is 2. The fourth-order valence-corrected chi connectivity index (χ4v) is 3.81. The highest BCUT2D eigenvalue weighted by atomic mass is 16.5. The summed E-state index contributed by atoms with van der Waals surface area (Å²) in [5.41, 5.74) is 3.06. The predicted molar refractivity (Wildman–Crippen MR) is 140 cm³/mol. The van der Waals surface area contributed by atoms with Gasteiger partial charge in [0, 0.05) is 6.42 Å². The van der Waals surface area contributed by atoms with Crippen LogP contribution in [-0.2, 0) is 33.8 Å². The first-order chi connectivity index (χ1) is 17.4. The summed E-state index contributed by atoms with van der Waals surface area (Å²) < 4.78 is 5.81. The lowest BCUT2D eigenvalue weighted by Crippen LogP contribution is -2.52. The lowest BCUT2D eigenvalue weighted by molar-refractivity contribution is -0.131. The minimum atomic E-state index is -0.718. The Morgan fingerprint density at radius 3 is 2.00 bits per heavy atom. The first-order valence-electron chi connectivity index (χ1n) is 12.3. The van der Waals surface area contributed by atoms with Crippen LogP contribution < -0.4 is 15.4 Å². The Hall–Kier alpha value is -3.93. The molecule has 0 aliphatic rings. The van der Waals surface area contributed by atoms with Crippen molar-refractivity contribution in [2.45, 2.75) is 51.8 Å². The van der Waals surface area contributed by atoms with Crippen LogP contribution in [-0.4, -0.2) is 30.2 Å². The molecule has 3 rings (SSSR count). The summed E-state index contributed by atoms with van der Waals surface area (Å²) in [7, 11) is 0. The molecule has 0 heterocycles. The van der Waals surface area contributed by atoms with Gasteiger partial charge in [-0.2, -0.15) is 0 Å². The van der Waals surface area contributed by atoms with E-state index in [1.54, 1.807) is 0 Å². The van der Waals surface area contributed by atoms with Crippen LogP contribution in [0.5, 0.6) is 5.75 Å². The van der Waals surface area contributed by atoms with Crippen LogP contribution in [0.4, 0.5) is 0 Å². The van der Waals surface area contributed by atoms with Crippen LogP contribution in [0, 0.1) is 5.92 Å². The van der Waals surface area contributed by atoms with Crippen LogP contribution in [0.3, 0.4) is 0 Å². The summed E-state index contributed by atoms with van der Waals surface area (Å²) in [5.74, 6) is 0.0770. The van der Waals surface area contributed by atoms with E-state index in [1.165, 1.54) is 0 Å². The third-order valence-electron chi connectivity index (χ3n) is 5.87. The molecule has 188 valence electrons. The van der Waals surface area contributed by atoms with Crippen molar-refractivity contribution in [3.8, 4) is 5.75 Å². The molecule has 0 spiro atoms. The monoisotopic (exact) mass is 486 g/mol. The van der Waals surface area contributed by atoms with E-state index in [1.807, 2.05) is 98.8 Å². The Labute approximate surface area is 213 Å². The van der Waals surface area contributed by atoms with Crippen LogP contribution >= 0.6 is 0 Å². The molecule has 2 unspecified atom stereocenters. The van der Waals surface area contributed by atoms with Gasteiger partial charge in [0.05, 0.1) is 6.04 Å². The van der Waals surface area contributed by atoms with Crippen molar-refractivity contribution in [3.63, 3.8) is 0 Å². The molecule has 6 heteroatoms. The van der Waals surface area contributed by atoms with Crippen LogP contribution in [0.1, 0.15) is 37.0 Å². The molecule has 0 saturated heterocycles. The molecule has 0 aliphatic carbocycles. The first-order valence-corrected chi connectivity index (χ1v) is 12.3. The third kappa shape index (κ3) is 8.69. The van der Waals surface area contributed by atoms with E-state index in [-0.39, 0.29) is 24.2 Å². The molecular weight excluding hydrogens is 452 g/mol. The van der Waals surface area contributed by atoms with Gasteiger partial charge < -0.3 is 20.2 Å². The van der Waals surface area contributed by atoms with Gasteiger partial charge in [-0.25, -0.2) is 0 Å². The molecule has 36 heavy (non-hydrogen) atoms. The molecule has 0 saturated carbocycles. The van der Waals surface area contributed by atoms with E-state index < -0.39 is 12.1 Å². The summed E-state index contributed by atoms with van der Waals surface area (Å²) in [5, 5.41) is 5.61.